The molecular weight excluding hydrogens is 335 g/mol. The van der Waals surface area contributed by atoms with Crippen LogP contribution in [0.3, 0.4) is 0 Å². The van der Waals surface area contributed by atoms with E-state index in [2.05, 4.69) is 89.9 Å². The van der Waals surface area contributed by atoms with Gasteiger partial charge in [0, 0.05) is 0 Å². The van der Waals surface area contributed by atoms with Gasteiger partial charge in [-0.3, -0.25) is 0 Å². The molecule has 0 aliphatic carbocycles. The van der Waals surface area contributed by atoms with Gasteiger partial charge >= 0.3 is 17.1 Å². The van der Waals surface area contributed by atoms with Gasteiger partial charge in [-0.2, -0.15) is 0 Å². The molecule has 0 fully saturated rings. The molecule has 0 bridgehead atoms. The summed E-state index contributed by atoms with van der Waals surface area (Å²) in [5.41, 5.74) is 5.31. The summed E-state index contributed by atoms with van der Waals surface area (Å²) < 4.78 is 0. The van der Waals surface area contributed by atoms with Crippen molar-refractivity contribution >= 4 is 32.3 Å². The topological polar surface area (TPSA) is 0 Å². The Kier molecular flexibility index (Phi) is 11.7. The smallest absolute Gasteiger partial charge is 0.327 e. The quantitative estimate of drug-likeness (QED) is 0.426. The molecule has 19 heavy (non-hydrogen) atoms. The molecule has 0 aromatic heterocycles. The Morgan fingerprint density at radius 3 is 0.474 bits per heavy atom. The first-order valence-corrected chi connectivity index (χ1v) is 21.5. The Morgan fingerprint density at radius 1 is 0.368 bits per heavy atom. The second-order valence-corrected chi connectivity index (χ2v) is 31.0. The average molecular weight is 374 g/mol. The van der Waals surface area contributed by atoms with E-state index >= 15 is 0 Å². The second kappa shape index (κ2) is 8.74. The minimum absolute atomic E-state index is 0. The number of hydrogen-bond donors (Lipinski definition) is 0. The van der Waals surface area contributed by atoms with E-state index < -0.39 is 32.3 Å². The van der Waals surface area contributed by atoms with E-state index in [1.165, 1.54) is 0 Å². The molecule has 0 saturated carbocycles. The average Bonchev–Trinajstić information content (AvgIpc) is 1.64. The van der Waals surface area contributed by atoms with Gasteiger partial charge in [0.05, 0.1) is 0 Å². The molecule has 0 aliphatic heterocycles. The molecule has 0 heterocycles. The van der Waals surface area contributed by atoms with Crippen LogP contribution in [0.4, 0.5) is 0 Å². The van der Waals surface area contributed by atoms with Crippen molar-refractivity contribution in [2.75, 3.05) is 0 Å². The van der Waals surface area contributed by atoms with Crippen molar-refractivity contribution in [1.82, 2.24) is 0 Å². The van der Waals surface area contributed by atoms with Crippen LogP contribution in [0.25, 0.3) is 0 Å². The third-order valence-electron chi connectivity index (χ3n) is 1.73. The molecule has 0 atom stereocenters. The third kappa shape index (κ3) is 32.7. The molecule has 1 radical (unpaired) electrons. The minimum Gasteiger partial charge on any atom is -0.327 e. The molecule has 0 spiro atoms. The summed E-state index contributed by atoms with van der Waals surface area (Å²) in [7, 11) is -3.42. The van der Waals surface area contributed by atoms with E-state index in [9.17, 15) is 0 Å². The van der Waals surface area contributed by atoms with Crippen LogP contribution in [0.2, 0.25) is 78.6 Å². The van der Waals surface area contributed by atoms with Gasteiger partial charge in [0.25, 0.3) is 0 Å². The fraction of sp³-hybridized carbons (Fsp3) is 0.857. The molecule has 5 heteroatoms. The SMILES string of the molecule is C[Si](C)(C)[CH-][Si](C)(C)C.C[Si](C)(C)[CH-][Si](C)(C)C.[Mn+2]. The van der Waals surface area contributed by atoms with E-state index in [0.29, 0.717) is 0 Å². The fourth-order valence-corrected chi connectivity index (χ4v) is 23.4. The number of hydrogen-bond acceptors (Lipinski definition) is 0. The van der Waals surface area contributed by atoms with Crippen LogP contribution in [0.5, 0.6) is 0 Å². The summed E-state index contributed by atoms with van der Waals surface area (Å²) in [6.45, 7) is 28.9. The summed E-state index contributed by atoms with van der Waals surface area (Å²) in [5.74, 6) is 0. The van der Waals surface area contributed by atoms with Gasteiger partial charge in [-0.15, -0.1) is 32.3 Å². The van der Waals surface area contributed by atoms with E-state index in [1.54, 1.807) is 0 Å². The molecule has 0 aromatic rings. The van der Waals surface area contributed by atoms with E-state index in [1.807, 2.05) is 0 Å². The van der Waals surface area contributed by atoms with Crippen LogP contribution in [0, 0.1) is 11.3 Å². The Bertz CT molecular complexity index is 176. The van der Waals surface area contributed by atoms with Crippen LogP contribution in [0.15, 0.2) is 0 Å². The fourth-order valence-electron chi connectivity index (χ4n) is 2.60. The zero-order valence-corrected chi connectivity index (χ0v) is 20.7. The van der Waals surface area contributed by atoms with Gasteiger partial charge in [0.2, 0.25) is 0 Å². The molecule has 0 amide bonds. The second-order valence-electron chi connectivity index (χ2n) is 9.75. The predicted octanol–water partition coefficient (Wildman–Crippen LogP) is 5.89. The summed E-state index contributed by atoms with van der Waals surface area (Å²) in [5, 5.41) is 0. The van der Waals surface area contributed by atoms with Crippen LogP contribution in [-0.4, -0.2) is 32.3 Å². The van der Waals surface area contributed by atoms with Crippen molar-refractivity contribution < 1.29 is 17.1 Å². The van der Waals surface area contributed by atoms with Crippen molar-refractivity contribution in [3.05, 3.63) is 11.3 Å². The molecule has 0 nitrogen and oxygen atoms in total. The van der Waals surface area contributed by atoms with Crippen LogP contribution >= 0.6 is 0 Å². The Labute approximate surface area is 139 Å². The molecular formula is C14H38MnSi4. The van der Waals surface area contributed by atoms with E-state index in [0.717, 1.165) is 0 Å². The largest absolute Gasteiger partial charge is 2.00 e. The first-order chi connectivity index (χ1) is 7.41. The molecule has 0 unspecified atom stereocenters. The summed E-state index contributed by atoms with van der Waals surface area (Å²) in [6, 6.07) is 0. The summed E-state index contributed by atoms with van der Waals surface area (Å²) in [4.78, 5) is 0. The van der Waals surface area contributed by atoms with Crippen LogP contribution in [0.1, 0.15) is 0 Å². The number of rotatable bonds is 4. The monoisotopic (exact) mass is 373 g/mol. The molecule has 0 rings (SSSR count). The van der Waals surface area contributed by atoms with Crippen LogP contribution in [-0.2, 0) is 17.1 Å². The normalized spacial score (nSPS) is 13.3. The first-order valence-electron chi connectivity index (χ1n) is 7.15. The maximum absolute atomic E-state index is 2.65. The summed E-state index contributed by atoms with van der Waals surface area (Å²) >= 11 is 0. The predicted molar refractivity (Wildman–Crippen MR) is 102 cm³/mol. The van der Waals surface area contributed by atoms with Gasteiger partial charge in [0.1, 0.15) is 0 Å². The first kappa shape index (κ1) is 25.3. The Balaban J connectivity index is -0.000000256. The molecule has 0 saturated heterocycles. The maximum atomic E-state index is 2.65. The molecule has 0 aromatic carbocycles. The van der Waals surface area contributed by atoms with Crippen molar-refractivity contribution in [1.29, 1.82) is 0 Å². The zero-order chi connectivity index (χ0) is 15.4. The van der Waals surface area contributed by atoms with Crippen molar-refractivity contribution in [2.24, 2.45) is 0 Å². The van der Waals surface area contributed by atoms with Crippen LogP contribution < -0.4 is 0 Å². The van der Waals surface area contributed by atoms with E-state index in [-0.39, 0.29) is 17.1 Å². The maximum Gasteiger partial charge on any atom is 2.00 e. The molecule has 0 N–H and O–H groups in total. The van der Waals surface area contributed by atoms with Gasteiger partial charge < -0.3 is 11.3 Å². The third-order valence-corrected chi connectivity index (χ3v) is 15.6. The minimum atomic E-state index is -0.856. The Hall–Kier alpha value is 1.39. The van der Waals surface area contributed by atoms with Crippen molar-refractivity contribution in [3.63, 3.8) is 0 Å². The van der Waals surface area contributed by atoms with Gasteiger partial charge in [-0.25, -0.2) is 0 Å². The molecule has 117 valence electrons. The van der Waals surface area contributed by atoms with Gasteiger partial charge in [0.15, 0.2) is 0 Å². The van der Waals surface area contributed by atoms with Gasteiger partial charge in [-0.05, 0) is 0 Å². The van der Waals surface area contributed by atoms with Gasteiger partial charge in [-0.1, -0.05) is 78.6 Å². The molecule has 0 aliphatic rings. The standard InChI is InChI=1S/2C7H19Si2.Mn/c2*1-8(2,3)7-9(4,5)6;/h2*7H,1-6H3;/q2*-1;+2. The van der Waals surface area contributed by atoms with Crippen molar-refractivity contribution in [3.8, 4) is 0 Å². The van der Waals surface area contributed by atoms with Crippen molar-refractivity contribution in [2.45, 2.75) is 78.6 Å². The summed E-state index contributed by atoms with van der Waals surface area (Å²) in [6.07, 6.45) is 0. The Morgan fingerprint density at radius 2 is 0.474 bits per heavy atom. The zero-order valence-electron chi connectivity index (χ0n) is 15.5. The van der Waals surface area contributed by atoms with E-state index in [4.69, 9.17) is 0 Å².